The van der Waals surface area contributed by atoms with Crippen LogP contribution in [-0.2, 0) is 21.3 Å². The van der Waals surface area contributed by atoms with Gasteiger partial charge in [0.1, 0.15) is 0 Å². The van der Waals surface area contributed by atoms with E-state index in [0.717, 1.165) is 37.9 Å². The van der Waals surface area contributed by atoms with E-state index < -0.39 is 10.0 Å². The Bertz CT molecular complexity index is 802. The maximum absolute atomic E-state index is 12.9. The summed E-state index contributed by atoms with van der Waals surface area (Å²) < 4.78 is 33.1. The van der Waals surface area contributed by atoms with Gasteiger partial charge in [0, 0.05) is 39.8 Å². The summed E-state index contributed by atoms with van der Waals surface area (Å²) in [6, 6.07) is 7.13. The van der Waals surface area contributed by atoms with Crippen LogP contribution in [0.2, 0.25) is 0 Å². The molecule has 1 aromatic rings. The molecule has 0 saturated carbocycles. The molecule has 2 atom stereocenters. The molecule has 8 heteroatoms. The summed E-state index contributed by atoms with van der Waals surface area (Å²) in [5, 5.41) is 6.59. The van der Waals surface area contributed by atoms with Gasteiger partial charge in [0.05, 0.1) is 10.5 Å². The third kappa shape index (κ3) is 5.71. The maximum atomic E-state index is 12.9. The van der Waals surface area contributed by atoms with E-state index in [-0.39, 0.29) is 5.60 Å². The first-order valence-corrected chi connectivity index (χ1v) is 11.9. The molecule has 2 aliphatic rings. The molecule has 0 bridgehead atoms. The lowest BCUT2D eigenvalue weighted by atomic mass is 10.0. The van der Waals surface area contributed by atoms with E-state index >= 15 is 0 Å². The summed E-state index contributed by atoms with van der Waals surface area (Å²) in [5.41, 5.74) is 0.863. The molecule has 1 aromatic carbocycles. The van der Waals surface area contributed by atoms with E-state index in [4.69, 9.17) is 4.74 Å². The third-order valence-corrected chi connectivity index (χ3v) is 7.67. The Hall–Kier alpha value is -1.64. The van der Waals surface area contributed by atoms with Gasteiger partial charge in [0.15, 0.2) is 5.96 Å². The SMILES string of the molecule is CN=C(NCc1ccc(S(=O)(=O)N2CCCC(C)C2)cc1)NCC1(C)CCCO1. The molecule has 0 radical (unpaired) electrons. The zero-order valence-corrected chi connectivity index (χ0v) is 18.6. The highest BCUT2D eigenvalue weighted by molar-refractivity contribution is 7.89. The van der Waals surface area contributed by atoms with E-state index in [0.29, 0.717) is 43.0 Å². The standard InChI is InChI=1S/C21H34N4O3S/c1-17-6-4-12-25(15-17)29(26,27)19-9-7-18(8-10-19)14-23-20(22-3)24-16-21(2)11-5-13-28-21/h7-10,17H,4-6,11-16H2,1-3H3,(H2,22,23,24). The van der Waals surface area contributed by atoms with E-state index in [9.17, 15) is 8.42 Å². The van der Waals surface area contributed by atoms with Crippen molar-refractivity contribution in [3.05, 3.63) is 29.8 Å². The highest BCUT2D eigenvalue weighted by Gasteiger charge is 2.30. The molecular formula is C21H34N4O3S. The minimum absolute atomic E-state index is 0.139. The highest BCUT2D eigenvalue weighted by atomic mass is 32.2. The number of hydrogen-bond acceptors (Lipinski definition) is 4. The molecule has 2 N–H and O–H groups in total. The van der Waals surface area contributed by atoms with Gasteiger partial charge in [0.2, 0.25) is 10.0 Å². The van der Waals surface area contributed by atoms with Gasteiger partial charge in [-0.2, -0.15) is 4.31 Å². The number of benzene rings is 1. The Kier molecular flexibility index (Phi) is 7.19. The number of nitrogens with one attached hydrogen (secondary N) is 2. The number of aliphatic imine (C=N–C) groups is 1. The zero-order valence-electron chi connectivity index (χ0n) is 17.8. The number of piperidine rings is 1. The summed E-state index contributed by atoms with van der Waals surface area (Å²) in [6.07, 6.45) is 4.16. The van der Waals surface area contributed by atoms with Gasteiger partial charge in [-0.3, -0.25) is 4.99 Å². The largest absolute Gasteiger partial charge is 0.373 e. The molecule has 2 fully saturated rings. The van der Waals surface area contributed by atoms with Crippen molar-refractivity contribution in [2.24, 2.45) is 10.9 Å². The number of ether oxygens (including phenoxy) is 1. The Morgan fingerprint density at radius 1 is 1.28 bits per heavy atom. The van der Waals surface area contributed by atoms with E-state index in [1.54, 1.807) is 23.5 Å². The van der Waals surface area contributed by atoms with Gasteiger partial charge in [-0.05, 0) is 56.2 Å². The molecule has 29 heavy (non-hydrogen) atoms. The lowest BCUT2D eigenvalue weighted by Crippen LogP contribution is -2.45. The number of nitrogens with zero attached hydrogens (tertiary/aromatic N) is 2. The van der Waals surface area contributed by atoms with Crippen molar-refractivity contribution in [2.45, 2.75) is 56.6 Å². The van der Waals surface area contributed by atoms with Crippen LogP contribution in [0.5, 0.6) is 0 Å². The van der Waals surface area contributed by atoms with Crippen LogP contribution < -0.4 is 10.6 Å². The van der Waals surface area contributed by atoms with Crippen molar-refractivity contribution < 1.29 is 13.2 Å². The number of rotatable bonds is 6. The minimum Gasteiger partial charge on any atom is -0.373 e. The molecule has 162 valence electrons. The van der Waals surface area contributed by atoms with Gasteiger partial charge in [-0.15, -0.1) is 0 Å². The van der Waals surface area contributed by atoms with Gasteiger partial charge in [0.25, 0.3) is 0 Å². The fourth-order valence-electron chi connectivity index (χ4n) is 3.95. The maximum Gasteiger partial charge on any atom is 0.243 e. The molecule has 7 nitrogen and oxygen atoms in total. The highest BCUT2D eigenvalue weighted by Crippen LogP contribution is 2.24. The lowest BCUT2D eigenvalue weighted by Gasteiger charge is -2.30. The van der Waals surface area contributed by atoms with Crippen LogP contribution in [0.25, 0.3) is 0 Å². The summed E-state index contributed by atoms with van der Waals surface area (Å²) >= 11 is 0. The summed E-state index contributed by atoms with van der Waals surface area (Å²) in [4.78, 5) is 4.62. The smallest absolute Gasteiger partial charge is 0.243 e. The third-order valence-electron chi connectivity index (χ3n) is 5.79. The molecule has 3 rings (SSSR count). The Morgan fingerprint density at radius 2 is 2.03 bits per heavy atom. The molecule has 0 amide bonds. The zero-order chi connectivity index (χ0) is 20.9. The molecule has 0 aliphatic carbocycles. The van der Waals surface area contributed by atoms with E-state index in [1.165, 1.54) is 0 Å². The van der Waals surface area contributed by atoms with Crippen LogP contribution in [0.15, 0.2) is 34.2 Å². The van der Waals surface area contributed by atoms with Crippen LogP contribution in [0, 0.1) is 5.92 Å². The Labute approximate surface area is 175 Å². The Morgan fingerprint density at radius 3 is 2.66 bits per heavy atom. The first-order chi connectivity index (χ1) is 13.8. The molecule has 2 heterocycles. The van der Waals surface area contributed by atoms with Gasteiger partial charge >= 0.3 is 0 Å². The fraction of sp³-hybridized carbons (Fsp3) is 0.667. The monoisotopic (exact) mass is 422 g/mol. The summed E-state index contributed by atoms with van der Waals surface area (Å²) in [7, 11) is -1.67. The van der Waals surface area contributed by atoms with Crippen LogP contribution >= 0.6 is 0 Å². The normalized spacial score (nSPS) is 26.4. The average molecular weight is 423 g/mol. The molecule has 0 spiro atoms. The molecular weight excluding hydrogens is 388 g/mol. The summed E-state index contributed by atoms with van der Waals surface area (Å²) in [6.45, 7) is 7.53. The predicted molar refractivity (Wildman–Crippen MR) is 115 cm³/mol. The van der Waals surface area contributed by atoms with E-state index in [1.807, 2.05) is 12.1 Å². The van der Waals surface area contributed by atoms with Crippen molar-refractivity contribution in [3.63, 3.8) is 0 Å². The van der Waals surface area contributed by atoms with Crippen molar-refractivity contribution in [3.8, 4) is 0 Å². The van der Waals surface area contributed by atoms with Crippen LogP contribution in [0.1, 0.15) is 45.1 Å². The predicted octanol–water partition coefficient (Wildman–Crippen LogP) is 2.34. The van der Waals surface area contributed by atoms with Gasteiger partial charge in [-0.1, -0.05) is 19.1 Å². The fourth-order valence-corrected chi connectivity index (χ4v) is 5.54. The van der Waals surface area contributed by atoms with Crippen molar-refractivity contribution in [2.75, 3.05) is 33.3 Å². The lowest BCUT2D eigenvalue weighted by molar-refractivity contribution is 0.0243. The second kappa shape index (κ2) is 9.45. The van der Waals surface area contributed by atoms with Crippen molar-refractivity contribution in [1.29, 1.82) is 0 Å². The molecule has 2 unspecified atom stereocenters. The average Bonchev–Trinajstić information content (AvgIpc) is 3.15. The minimum atomic E-state index is -3.41. The second-order valence-corrected chi connectivity index (χ2v) is 10.4. The van der Waals surface area contributed by atoms with E-state index in [2.05, 4.69) is 29.5 Å². The quantitative estimate of drug-likeness (QED) is 0.543. The number of sulfonamides is 1. The first-order valence-electron chi connectivity index (χ1n) is 10.5. The number of guanidine groups is 1. The molecule has 0 aromatic heterocycles. The molecule has 2 saturated heterocycles. The van der Waals surface area contributed by atoms with Gasteiger partial charge in [-0.25, -0.2) is 8.42 Å². The number of hydrogen-bond donors (Lipinski definition) is 2. The summed E-state index contributed by atoms with van der Waals surface area (Å²) in [5.74, 6) is 1.12. The van der Waals surface area contributed by atoms with Crippen LogP contribution in [-0.4, -0.2) is 57.6 Å². The first kappa shape index (κ1) is 22.1. The van der Waals surface area contributed by atoms with Crippen LogP contribution in [0.4, 0.5) is 0 Å². The van der Waals surface area contributed by atoms with Crippen molar-refractivity contribution >= 4 is 16.0 Å². The van der Waals surface area contributed by atoms with Crippen molar-refractivity contribution in [1.82, 2.24) is 14.9 Å². The second-order valence-electron chi connectivity index (χ2n) is 8.44. The van der Waals surface area contributed by atoms with Gasteiger partial charge < -0.3 is 15.4 Å². The Balaban J connectivity index is 1.54. The molecule has 2 aliphatic heterocycles. The van der Waals surface area contributed by atoms with Crippen LogP contribution in [0.3, 0.4) is 0 Å². The topological polar surface area (TPSA) is 83.0 Å².